The Morgan fingerprint density at radius 2 is 2.05 bits per heavy atom. The molecule has 0 aliphatic rings. The first-order valence-electron chi connectivity index (χ1n) is 7.94. The van der Waals surface area contributed by atoms with Crippen molar-refractivity contribution in [1.29, 1.82) is 0 Å². The summed E-state index contributed by atoms with van der Waals surface area (Å²) in [6, 6.07) is 6.06. The highest BCUT2D eigenvalue weighted by molar-refractivity contribution is 5.77. The summed E-state index contributed by atoms with van der Waals surface area (Å²) in [4.78, 5) is 4.73. The molecular formula is C17H26N2O2. The van der Waals surface area contributed by atoms with E-state index < -0.39 is 0 Å². The van der Waals surface area contributed by atoms with E-state index in [2.05, 4.69) is 17.6 Å². The number of aromatic nitrogens is 2. The summed E-state index contributed by atoms with van der Waals surface area (Å²) in [5.41, 5.74) is 2.15. The van der Waals surface area contributed by atoms with Crippen molar-refractivity contribution in [2.75, 3.05) is 13.7 Å². The third-order valence-electron chi connectivity index (χ3n) is 3.83. The van der Waals surface area contributed by atoms with Crippen molar-refractivity contribution in [3.8, 4) is 5.75 Å². The van der Waals surface area contributed by atoms with Gasteiger partial charge in [-0.3, -0.25) is 0 Å². The lowest BCUT2D eigenvalue weighted by molar-refractivity contribution is 0.287. The molecule has 1 N–H and O–H groups in total. The van der Waals surface area contributed by atoms with Gasteiger partial charge in [-0.2, -0.15) is 0 Å². The van der Waals surface area contributed by atoms with Crippen LogP contribution in [-0.4, -0.2) is 28.4 Å². The van der Waals surface area contributed by atoms with Crippen molar-refractivity contribution in [3.05, 3.63) is 24.0 Å². The third-order valence-corrected chi connectivity index (χ3v) is 3.83. The SMILES string of the molecule is CCCCCCn1c(CCCO)nc2cc(OC)ccc21. The Bertz CT molecular complexity index is 563. The average Bonchev–Trinajstić information content (AvgIpc) is 2.86. The van der Waals surface area contributed by atoms with Crippen LogP contribution in [0.25, 0.3) is 11.0 Å². The summed E-state index contributed by atoms with van der Waals surface area (Å²) in [5.74, 6) is 1.91. The molecule has 0 spiro atoms. The smallest absolute Gasteiger partial charge is 0.121 e. The maximum atomic E-state index is 9.06. The van der Waals surface area contributed by atoms with Gasteiger partial charge in [0.05, 0.1) is 18.1 Å². The maximum absolute atomic E-state index is 9.06. The monoisotopic (exact) mass is 290 g/mol. The Morgan fingerprint density at radius 3 is 2.76 bits per heavy atom. The first kappa shape index (κ1) is 15.8. The molecule has 4 nitrogen and oxygen atoms in total. The Morgan fingerprint density at radius 1 is 1.19 bits per heavy atom. The van der Waals surface area contributed by atoms with Crippen LogP contribution in [0.1, 0.15) is 44.9 Å². The van der Waals surface area contributed by atoms with Gasteiger partial charge in [-0.1, -0.05) is 26.2 Å². The van der Waals surface area contributed by atoms with Gasteiger partial charge in [0.1, 0.15) is 11.6 Å². The highest BCUT2D eigenvalue weighted by Crippen LogP contribution is 2.23. The molecule has 1 heterocycles. The molecule has 0 saturated heterocycles. The molecule has 0 aliphatic carbocycles. The number of methoxy groups -OCH3 is 1. The van der Waals surface area contributed by atoms with E-state index in [0.29, 0.717) is 0 Å². The van der Waals surface area contributed by atoms with Crippen LogP contribution in [0.2, 0.25) is 0 Å². The molecule has 0 amide bonds. The number of hydrogen-bond donors (Lipinski definition) is 1. The van der Waals surface area contributed by atoms with Gasteiger partial charge in [0, 0.05) is 25.6 Å². The van der Waals surface area contributed by atoms with Crippen LogP contribution in [0.15, 0.2) is 18.2 Å². The quantitative estimate of drug-likeness (QED) is 0.718. The highest BCUT2D eigenvalue weighted by Gasteiger charge is 2.11. The number of aryl methyl sites for hydroxylation is 2. The Hall–Kier alpha value is -1.55. The molecule has 0 bridgehead atoms. The molecule has 0 unspecified atom stereocenters. The summed E-state index contributed by atoms with van der Waals surface area (Å²) in [7, 11) is 1.68. The Balaban J connectivity index is 2.24. The molecule has 0 atom stereocenters. The van der Waals surface area contributed by atoms with Gasteiger partial charge in [-0.15, -0.1) is 0 Å². The van der Waals surface area contributed by atoms with Crippen LogP contribution in [-0.2, 0) is 13.0 Å². The summed E-state index contributed by atoms with van der Waals surface area (Å²) in [5, 5.41) is 9.06. The van der Waals surface area contributed by atoms with Crippen molar-refractivity contribution >= 4 is 11.0 Å². The van der Waals surface area contributed by atoms with E-state index in [4.69, 9.17) is 14.8 Å². The molecule has 0 radical (unpaired) electrons. The largest absolute Gasteiger partial charge is 0.497 e. The molecular weight excluding hydrogens is 264 g/mol. The fraction of sp³-hybridized carbons (Fsp3) is 0.588. The van der Waals surface area contributed by atoms with E-state index in [9.17, 15) is 0 Å². The molecule has 4 heteroatoms. The second-order valence-electron chi connectivity index (χ2n) is 5.42. The highest BCUT2D eigenvalue weighted by atomic mass is 16.5. The molecule has 116 valence electrons. The van der Waals surface area contributed by atoms with Gasteiger partial charge in [0.15, 0.2) is 0 Å². The van der Waals surface area contributed by atoms with Gasteiger partial charge in [-0.05, 0) is 25.0 Å². The zero-order valence-electron chi connectivity index (χ0n) is 13.1. The van der Waals surface area contributed by atoms with Crippen molar-refractivity contribution in [3.63, 3.8) is 0 Å². The predicted molar refractivity (Wildman–Crippen MR) is 85.8 cm³/mol. The van der Waals surface area contributed by atoms with Crippen molar-refractivity contribution < 1.29 is 9.84 Å². The van der Waals surface area contributed by atoms with Crippen LogP contribution in [0.4, 0.5) is 0 Å². The number of unbranched alkanes of at least 4 members (excludes halogenated alkanes) is 3. The number of hydrogen-bond acceptors (Lipinski definition) is 3. The summed E-state index contributed by atoms with van der Waals surface area (Å²) in [6.45, 7) is 3.44. The molecule has 0 fully saturated rings. The van der Waals surface area contributed by atoms with E-state index in [1.165, 1.54) is 31.2 Å². The zero-order chi connectivity index (χ0) is 15.1. The van der Waals surface area contributed by atoms with Gasteiger partial charge in [0.2, 0.25) is 0 Å². The minimum Gasteiger partial charge on any atom is -0.497 e. The van der Waals surface area contributed by atoms with E-state index in [1.807, 2.05) is 12.1 Å². The molecule has 2 rings (SSSR count). The second kappa shape index (κ2) is 8.03. The average molecular weight is 290 g/mol. The lowest BCUT2D eigenvalue weighted by Gasteiger charge is -2.09. The van der Waals surface area contributed by atoms with Crippen LogP contribution in [0.5, 0.6) is 5.75 Å². The van der Waals surface area contributed by atoms with Crippen molar-refractivity contribution in [2.24, 2.45) is 0 Å². The molecule has 1 aromatic carbocycles. The molecule has 1 aromatic heterocycles. The number of rotatable bonds is 9. The number of aliphatic hydroxyl groups excluding tert-OH is 1. The van der Waals surface area contributed by atoms with Crippen LogP contribution >= 0.6 is 0 Å². The Kier molecular flexibility index (Phi) is 6.05. The lowest BCUT2D eigenvalue weighted by atomic mass is 10.2. The van der Waals surface area contributed by atoms with Crippen molar-refractivity contribution in [1.82, 2.24) is 9.55 Å². The standard InChI is InChI=1S/C17H26N2O2/c1-3-4-5-6-11-19-16-10-9-14(21-2)13-15(16)18-17(19)8-7-12-20/h9-10,13,20H,3-8,11-12H2,1-2H3. The maximum Gasteiger partial charge on any atom is 0.121 e. The minimum absolute atomic E-state index is 0.211. The van der Waals surface area contributed by atoms with Crippen LogP contribution < -0.4 is 4.74 Å². The van der Waals surface area contributed by atoms with E-state index in [1.54, 1.807) is 7.11 Å². The van der Waals surface area contributed by atoms with Gasteiger partial charge < -0.3 is 14.4 Å². The van der Waals surface area contributed by atoms with Crippen LogP contribution in [0.3, 0.4) is 0 Å². The molecule has 0 aliphatic heterocycles. The van der Waals surface area contributed by atoms with E-state index in [0.717, 1.165) is 36.5 Å². The number of nitrogens with zero attached hydrogens (tertiary/aromatic N) is 2. The van der Waals surface area contributed by atoms with E-state index in [-0.39, 0.29) is 6.61 Å². The summed E-state index contributed by atoms with van der Waals surface area (Å²) >= 11 is 0. The first-order chi connectivity index (χ1) is 10.3. The lowest BCUT2D eigenvalue weighted by Crippen LogP contribution is -2.05. The molecule has 21 heavy (non-hydrogen) atoms. The number of fused-ring (bicyclic) bond motifs is 1. The van der Waals surface area contributed by atoms with Gasteiger partial charge in [0.25, 0.3) is 0 Å². The Labute approximate surface area is 126 Å². The van der Waals surface area contributed by atoms with E-state index >= 15 is 0 Å². The minimum atomic E-state index is 0.211. The summed E-state index contributed by atoms with van der Waals surface area (Å²) < 4.78 is 7.58. The summed E-state index contributed by atoms with van der Waals surface area (Å²) in [6.07, 6.45) is 6.55. The predicted octanol–water partition coefficient (Wildman–Crippen LogP) is 3.55. The molecule has 2 aromatic rings. The number of imidazole rings is 1. The van der Waals surface area contributed by atoms with Crippen molar-refractivity contribution in [2.45, 2.75) is 52.0 Å². The van der Waals surface area contributed by atoms with Crippen LogP contribution in [0, 0.1) is 0 Å². The number of aliphatic hydroxyl groups is 1. The topological polar surface area (TPSA) is 47.3 Å². The first-order valence-corrected chi connectivity index (χ1v) is 7.94. The zero-order valence-corrected chi connectivity index (χ0v) is 13.1. The number of benzene rings is 1. The fourth-order valence-electron chi connectivity index (χ4n) is 2.66. The van der Waals surface area contributed by atoms with Gasteiger partial charge in [-0.25, -0.2) is 4.98 Å². The van der Waals surface area contributed by atoms with Gasteiger partial charge >= 0.3 is 0 Å². The third kappa shape index (κ3) is 3.97. The second-order valence-corrected chi connectivity index (χ2v) is 5.42. The fourth-order valence-corrected chi connectivity index (χ4v) is 2.66. The molecule has 0 saturated carbocycles. The normalized spacial score (nSPS) is 11.2. The number of ether oxygens (including phenoxy) is 1.